The van der Waals surface area contributed by atoms with Crippen LogP contribution in [0.1, 0.15) is 44.6 Å². The Hall–Kier alpha value is -1.49. The highest BCUT2D eigenvalue weighted by molar-refractivity contribution is 5.82. The summed E-state index contributed by atoms with van der Waals surface area (Å²) in [6, 6.07) is 3.52. The molecule has 1 aromatic carbocycles. The second-order valence-corrected chi connectivity index (χ2v) is 6.87. The van der Waals surface area contributed by atoms with Crippen molar-refractivity contribution in [1.82, 2.24) is 5.32 Å². The Balaban J connectivity index is 1.85. The third-order valence-corrected chi connectivity index (χ3v) is 4.40. The van der Waals surface area contributed by atoms with E-state index in [4.69, 9.17) is 5.11 Å². The minimum Gasteiger partial charge on any atom is -0.396 e. The summed E-state index contributed by atoms with van der Waals surface area (Å²) in [7, 11) is 0. The van der Waals surface area contributed by atoms with Crippen molar-refractivity contribution in [2.45, 2.75) is 39.0 Å². The summed E-state index contributed by atoms with van der Waals surface area (Å²) >= 11 is 0. The molecule has 1 aliphatic carbocycles. The van der Waals surface area contributed by atoms with E-state index in [2.05, 4.69) is 19.2 Å². The molecule has 0 aliphatic heterocycles. The molecule has 1 aromatic rings. The van der Waals surface area contributed by atoms with E-state index in [1.165, 1.54) is 12.1 Å². The normalized spacial score (nSPS) is 21.3. The third-order valence-electron chi connectivity index (χ3n) is 4.40. The SMILES string of the molecule is CC(C)CC(CCO)CNC(=O)C1CC1c1ccc(F)cc1F. The van der Waals surface area contributed by atoms with Gasteiger partial charge in [0.2, 0.25) is 5.91 Å². The number of hydrogen-bond donors (Lipinski definition) is 2. The lowest BCUT2D eigenvalue weighted by Crippen LogP contribution is -2.31. The van der Waals surface area contributed by atoms with Crippen molar-refractivity contribution in [3.63, 3.8) is 0 Å². The van der Waals surface area contributed by atoms with Gasteiger partial charge in [0.1, 0.15) is 11.6 Å². The standard InChI is InChI=1S/C18H25F2NO2/c1-11(2)7-12(5-6-22)10-21-18(23)16-9-15(16)14-4-3-13(19)8-17(14)20/h3-4,8,11-12,15-16,22H,5-7,9-10H2,1-2H3,(H,21,23). The second-order valence-electron chi connectivity index (χ2n) is 6.87. The molecule has 2 N–H and O–H groups in total. The van der Waals surface area contributed by atoms with Gasteiger partial charge in [0.25, 0.3) is 0 Å². The molecule has 0 heterocycles. The average molecular weight is 325 g/mol. The first-order chi connectivity index (χ1) is 10.9. The lowest BCUT2D eigenvalue weighted by Gasteiger charge is -2.18. The summed E-state index contributed by atoms with van der Waals surface area (Å²) < 4.78 is 26.7. The fraction of sp³-hybridized carbons (Fsp3) is 0.611. The van der Waals surface area contributed by atoms with E-state index < -0.39 is 11.6 Å². The number of benzene rings is 1. The monoisotopic (exact) mass is 325 g/mol. The zero-order valence-corrected chi connectivity index (χ0v) is 13.7. The van der Waals surface area contributed by atoms with Gasteiger partial charge in [-0.3, -0.25) is 4.79 Å². The van der Waals surface area contributed by atoms with Crippen LogP contribution in [0, 0.1) is 29.4 Å². The summed E-state index contributed by atoms with van der Waals surface area (Å²) in [6.45, 7) is 4.87. The van der Waals surface area contributed by atoms with Crippen molar-refractivity contribution in [3.8, 4) is 0 Å². The molecule has 128 valence electrons. The molecule has 0 radical (unpaired) electrons. The van der Waals surface area contributed by atoms with Crippen LogP contribution < -0.4 is 5.32 Å². The van der Waals surface area contributed by atoms with Crippen LogP contribution in [0.3, 0.4) is 0 Å². The Labute approximate surface area is 136 Å². The van der Waals surface area contributed by atoms with E-state index in [1.807, 2.05) is 0 Å². The molecule has 3 unspecified atom stereocenters. The number of carbonyl (C=O) groups excluding carboxylic acids is 1. The van der Waals surface area contributed by atoms with Crippen molar-refractivity contribution in [2.24, 2.45) is 17.8 Å². The predicted molar refractivity (Wildman–Crippen MR) is 84.9 cm³/mol. The number of hydrogen-bond acceptors (Lipinski definition) is 2. The summed E-state index contributed by atoms with van der Waals surface area (Å²) in [5.74, 6) is -0.892. The first kappa shape index (κ1) is 17.9. The van der Waals surface area contributed by atoms with Crippen molar-refractivity contribution < 1.29 is 18.7 Å². The molecule has 1 saturated carbocycles. The summed E-state index contributed by atoms with van der Waals surface area (Å²) in [5.41, 5.74) is 0.417. The van der Waals surface area contributed by atoms with Crippen LogP contribution in [0.2, 0.25) is 0 Å². The Morgan fingerprint density at radius 3 is 2.74 bits per heavy atom. The average Bonchev–Trinajstić information content (AvgIpc) is 3.24. The van der Waals surface area contributed by atoms with E-state index >= 15 is 0 Å². The number of halogens is 2. The lowest BCUT2D eigenvalue weighted by atomic mass is 9.94. The van der Waals surface area contributed by atoms with Gasteiger partial charge in [-0.1, -0.05) is 19.9 Å². The van der Waals surface area contributed by atoms with Crippen molar-refractivity contribution in [1.29, 1.82) is 0 Å². The van der Waals surface area contributed by atoms with Gasteiger partial charge >= 0.3 is 0 Å². The van der Waals surface area contributed by atoms with E-state index in [0.717, 1.165) is 12.5 Å². The van der Waals surface area contributed by atoms with E-state index in [0.29, 0.717) is 30.9 Å². The van der Waals surface area contributed by atoms with Crippen LogP contribution >= 0.6 is 0 Å². The highest BCUT2D eigenvalue weighted by atomic mass is 19.1. The first-order valence-corrected chi connectivity index (χ1v) is 8.25. The number of aliphatic hydroxyl groups is 1. The van der Waals surface area contributed by atoms with Crippen LogP contribution in [0.15, 0.2) is 18.2 Å². The van der Waals surface area contributed by atoms with Gasteiger partial charge in [-0.05, 0) is 48.6 Å². The predicted octanol–water partition coefficient (Wildman–Crippen LogP) is 3.23. The molecule has 0 aromatic heterocycles. The zero-order chi connectivity index (χ0) is 17.0. The highest BCUT2D eigenvalue weighted by Gasteiger charge is 2.45. The smallest absolute Gasteiger partial charge is 0.223 e. The largest absolute Gasteiger partial charge is 0.396 e. The number of carbonyl (C=O) groups is 1. The quantitative estimate of drug-likeness (QED) is 0.771. The van der Waals surface area contributed by atoms with Crippen molar-refractivity contribution in [2.75, 3.05) is 13.2 Å². The minimum absolute atomic E-state index is 0.0783. The number of rotatable bonds is 8. The van der Waals surface area contributed by atoms with Crippen LogP contribution in [0.25, 0.3) is 0 Å². The Bertz CT molecular complexity index is 548. The first-order valence-electron chi connectivity index (χ1n) is 8.25. The van der Waals surface area contributed by atoms with Crippen LogP contribution in [0.4, 0.5) is 8.78 Å². The number of amides is 1. The molecule has 1 fully saturated rings. The van der Waals surface area contributed by atoms with Gasteiger partial charge < -0.3 is 10.4 Å². The molecule has 23 heavy (non-hydrogen) atoms. The molecular weight excluding hydrogens is 300 g/mol. The minimum atomic E-state index is -0.603. The Kier molecular flexibility index (Phi) is 6.10. The van der Waals surface area contributed by atoms with Gasteiger partial charge in [0, 0.05) is 25.1 Å². The van der Waals surface area contributed by atoms with Crippen molar-refractivity contribution >= 4 is 5.91 Å². The van der Waals surface area contributed by atoms with E-state index in [-0.39, 0.29) is 30.3 Å². The van der Waals surface area contributed by atoms with E-state index in [9.17, 15) is 13.6 Å². The number of aliphatic hydroxyl groups excluding tert-OH is 1. The maximum absolute atomic E-state index is 13.7. The second kappa shape index (κ2) is 7.86. The van der Waals surface area contributed by atoms with E-state index in [1.54, 1.807) is 0 Å². The summed E-state index contributed by atoms with van der Waals surface area (Å²) in [6.07, 6.45) is 2.21. The highest BCUT2D eigenvalue weighted by Crippen LogP contribution is 2.48. The lowest BCUT2D eigenvalue weighted by molar-refractivity contribution is -0.122. The molecule has 1 aliphatic rings. The molecule has 0 bridgehead atoms. The van der Waals surface area contributed by atoms with Gasteiger partial charge in [-0.25, -0.2) is 8.78 Å². The maximum atomic E-state index is 13.7. The third kappa shape index (κ3) is 4.99. The maximum Gasteiger partial charge on any atom is 0.223 e. The summed E-state index contributed by atoms with van der Waals surface area (Å²) in [5, 5.41) is 12.0. The van der Waals surface area contributed by atoms with Crippen LogP contribution in [-0.2, 0) is 4.79 Å². The fourth-order valence-corrected chi connectivity index (χ4v) is 3.16. The van der Waals surface area contributed by atoms with Gasteiger partial charge in [-0.2, -0.15) is 0 Å². The molecule has 3 nitrogen and oxygen atoms in total. The van der Waals surface area contributed by atoms with Gasteiger partial charge in [0.15, 0.2) is 0 Å². The van der Waals surface area contributed by atoms with Crippen LogP contribution in [0.5, 0.6) is 0 Å². The van der Waals surface area contributed by atoms with Crippen molar-refractivity contribution in [3.05, 3.63) is 35.4 Å². The molecule has 0 saturated heterocycles. The fourth-order valence-electron chi connectivity index (χ4n) is 3.16. The zero-order valence-electron chi connectivity index (χ0n) is 13.7. The molecule has 5 heteroatoms. The topological polar surface area (TPSA) is 49.3 Å². The Morgan fingerprint density at radius 1 is 1.39 bits per heavy atom. The molecular formula is C18H25F2NO2. The van der Waals surface area contributed by atoms with Gasteiger partial charge in [0.05, 0.1) is 0 Å². The Morgan fingerprint density at radius 2 is 2.13 bits per heavy atom. The summed E-state index contributed by atoms with van der Waals surface area (Å²) in [4.78, 5) is 12.2. The van der Waals surface area contributed by atoms with Crippen LogP contribution in [-0.4, -0.2) is 24.2 Å². The molecule has 3 atom stereocenters. The van der Waals surface area contributed by atoms with Gasteiger partial charge in [-0.15, -0.1) is 0 Å². The molecule has 2 rings (SSSR count). The molecule has 0 spiro atoms. The number of nitrogens with one attached hydrogen (secondary N) is 1. The molecule has 1 amide bonds.